The molecule has 1 unspecified atom stereocenters. The topological polar surface area (TPSA) is 52.6 Å². The summed E-state index contributed by atoms with van der Waals surface area (Å²) < 4.78 is 10.4. The molecule has 1 aromatic rings. The number of carbonyl (C=O) groups excluding carboxylic acids is 2. The van der Waals surface area contributed by atoms with Crippen LogP contribution in [0.4, 0.5) is 0 Å². The summed E-state index contributed by atoms with van der Waals surface area (Å²) in [6, 6.07) is 4.75. The van der Waals surface area contributed by atoms with Crippen LogP contribution in [-0.2, 0) is 4.74 Å². The summed E-state index contributed by atoms with van der Waals surface area (Å²) >= 11 is 3.23. The second-order valence-corrected chi connectivity index (χ2v) is 5.22. The van der Waals surface area contributed by atoms with Crippen LogP contribution >= 0.6 is 15.9 Å². The number of Topliss-reactive ketones (excluding diaryl/α,β-unsaturated/α-hetero) is 1. The van der Waals surface area contributed by atoms with E-state index in [2.05, 4.69) is 15.9 Å². The fourth-order valence-corrected chi connectivity index (χ4v) is 1.82. The average Bonchev–Trinajstić information content (AvgIpc) is 2.38. The molecule has 0 fully saturated rings. The van der Waals surface area contributed by atoms with E-state index < -0.39 is 5.97 Å². The Morgan fingerprint density at radius 3 is 2.47 bits per heavy atom. The van der Waals surface area contributed by atoms with Gasteiger partial charge in [-0.15, -0.1) is 0 Å². The number of rotatable bonds is 6. The van der Waals surface area contributed by atoms with Crippen LogP contribution < -0.4 is 4.74 Å². The fraction of sp³-hybridized carbons (Fsp3) is 0.429. The van der Waals surface area contributed by atoms with Gasteiger partial charge in [0.05, 0.1) is 18.0 Å². The summed E-state index contributed by atoms with van der Waals surface area (Å²) in [5.74, 6) is -0.131. The zero-order valence-corrected chi connectivity index (χ0v) is 12.8. The number of ketones is 1. The highest BCUT2D eigenvalue weighted by Gasteiger charge is 2.18. The van der Waals surface area contributed by atoms with Crippen LogP contribution in [0.5, 0.6) is 5.75 Å². The summed E-state index contributed by atoms with van der Waals surface area (Å²) in [4.78, 5) is 23.4. The van der Waals surface area contributed by atoms with E-state index in [1.165, 1.54) is 0 Å². The van der Waals surface area contributed by atoms with E-state index >= 15 is 0 Å². The molecule has 4 nitrogen and oxygen atoms in total. The minimum absolute atomic E-state index is 0.0589. The lowest BCUT2D eigenvalue weighted by atomic mass is 10.1. The minimum atomic E-state index is -0.447. The van der Waals surface area contributed by atoms with E-state index in [1.54, 1.807) is 32.0 Å². The Labute approximate surface area is 121 Å². The molecule has 0 bridgehead atoms. The highest BCUT2D eigenvalue weighted by Crippen LogP contribution is 2.23. The number of alkyl halides is 1. The van der Waals surface area contributed by atoms with Crippen molar-refractivity contribution < 1.29 is 19.1 Å². The van der Waals surface area contributed by atoms with Crippen molar-refractivity contribution in [2.45, 2.75) is 25.6 Å². The summed E-state index contributed by atoms with van der Waals surface area (Å²) in [6.07, 6.45) is 0. The zero-order chi connectivity index (χ0) is 14.4. The molecule has 1 aromatic carbocycles. The minimum Gasteiger partial charge on any atom is -0.493 e. The maximum absolute atomic E-state index is 11.9. The molecule has 0 radical (unpaired) electrons. The zero-order valence-electron chi connectivity index (χ0n) is 11.2. The van der Waals surface area contributed by atoms with E-state index in [1.807, 2.05) is 6.92 Å². The average molecular weight is 329 g/mol. The van der Waals surface area contributed by atoms with Gasteiger partial charge in [0.1, 0.15) is 11.3 Å². The van der Waals surface area contributed by atoms with Gasteiger partial charge in [0, 0.05) is 5.56 Å². The molecule has 0 aliphatic rings. The molecule has 1 atom stereocenters. The number of benzene rings is 1. The van der Waals surface area contributed by atoms with E-state index in [9.17, 15) is 9.59 Å². The van der Waals surface area contributed by atoms with Crippen LogP contribution in [0.1, 0.15) is 41.5 Å². The molecule has 0 aromatic heterocycles. The van der Waals surface area contributed by atoms with Crippen molar-refractivity contribution in [2.75, 3.05) is 13.2 Å². The number of carbonyl (C=O) groups is 2. The van der Waals surface area contributed by atoms with Crippen LogP contribution in [-0.4, -0.2) is 29.8 Å². The Morgan fingerprint density at radius 1 is 1.26 bits per heavy atom. The molecule has 0 N–H and O–H groups in total. The van der Waals surface area contributed by atoms with Gasteiger partial charge in [0.15, 0.2) is 5.78 Å². The van der Waals surface area contributed by atoms with Crippen LogP contribution in [0.15, 0.2) is 18.2 Å². The second kappa shape index (κ2) is 7.28. The third kappa shape index (κ3) is 4.06. The largest absolute Gasteiger partial charge is 0.493 e. The number of ether oxygens (including phenoxy) is 2. The molecule has 0 heterocycles. The SMILES string of the molecule is CCOC(=O)c1ccc(C(=O)C(C)Br)cc1OCC. The van der Waals surface area contributed by atoms with Gasteiger partial charge in [-0.05, 0) is 32.9 Å². The first-order valence-corrected chi connectivity index (χ1v) is 7.05. The summed E-state index contributed by atoms with van der Waals surface area (Å²) in [7, 11) is 0. The Hall–Kier alpha value is -1.36. The molecular formula is C14H17BrO4. The Kier molecular flexibility index (Phi) is 6.02. The van der Waals surface area contributed by atoms with Crippen LogP contribution in [0.2, 0.25) is 0 Å². The van der Waals surface area contributed by atoms with E-state index in [4.69, 9.17) is 9.47 Å². The van der Waals surface area contributed by atoms with Crippen molar-refractivity contribution in [3.63, 3.8) is 0 Å². The van der Waals surface area contributed by atoms with Gasteiger partial charge in [-0.25, -0.2) is 4.79 Å². The Morgan fingerprint density at radius 2 is 1.95 bits per heavy atom. The molecule has 0 aliphatic heterocycles. The third-order valence-electron chi connectivity index (χ3n) is 2.42. The van der Waals surface area contributed by atoms with E-state index in [0.717, 1.165) is 0 Å². The first-order valence-electron chi connectivity index (χ1n) is 6.13. The predicted molar refractivity (Wildman–Crippen MR) is 76.3 cm³/mol. The first-order chi connectivity index (χ1) is 9.01. The number of hydrogen-bond donors (Lipinski definition) is 0. The van der Waals surface area contributed by atoms with Gasteiger partial charge < -0.3 is 9.47 Å². The lowest BCUT2D eigenvalue weighted by Gasteiger charge is -2.11. The maximum Gasteiger partial charge on any atom is 0.341 e. The Balaban J connectivity index is 3.14. The van der Waals surface area contributed by atoms with Gasteiger partial charge in [-0.1, -0.05) is 22.0 Å². The Bertz CT molecular complexity index is 469. The fourth-order valence-electron chi connectivity index (χ4n) is 1.56. The first kappa shape index (κ1) is 15.7. The van der Waals surface area contributed by atoms with Gasteiger partial charge in [-0.2, -0.15) is 0 Å². The number of hydrogen-bond acceptors (Lipinski definition) is 4. The molecule has 104 valence electrons. The number of esters is 1. The molecule has 1 rings (SSSR count). The lowest BCUT2D eigenvalue weighted by molar-refractivity contribution is 0.0521. The monoisotopic (exact) mass is 328 g/mol. The molecular weight excluding hydrogens is 312 g/mol. The standard InChI is InChI=1S/C14H17BrO4/c1-4-18-12-8-10(13(16)9(3)15)6-7-11(12)14(17)19-5-2/h6-9H,4-5H2,1-3H3. The molecule has 0 amide bonds. The third-order valence-corrected chi connectivity index (χ3v) is 2.84. The van der Waals surface area contributed by atoms with Crippen molar-refractivity contribution in [1.82, 2.24) is 0 Å². The van der Waals surface area contributed by atoms with Crippen LogP contribution in [0, 0.1) is 0 Å². The maximum atomic E-state index is 11.9. The molecule has 0 saturated heterocycles. The van der Waals surface area contributed by atoms with Crippen LogP contribution in [0.25, 0.3) is 0 Å². The van der Waals surface area contributed by atoms with Gasteiger partial charge in [0.2, 0.25) is 0 Å². The molecule has 0 saturated carbocycles. The smallest absolute Gasteiger partial charge is 0.341 e. The van der Waals surface area contributed by atoms with Crippen molar-refractivity contribution in [2.24, 2.45) is 0 Å². The highest BCUT2D eigenvalue weighted by atomic mass is 79.9. The summed E-state index contributed by atoms with van der Waals surface area (Å²) in [5.41, 5.74) is 0.836. The number of halogens is 1. The summed E-state index contributed by atoms with van der Waals surface area (Å²) in [5, 5.41) is 0. The quantitative estimate of drug-likeness (QED) is 0.457. The molecule has 19 heavy (non-hydrogen) atoms. The van der Waals surface area contributed by atoms with Gasteiger partial charge >= 0.3 is 5.97 Å². The second-order valence-electron chi connectivity index (χ2n) is 3.84. The van der Waals surface area contributed by atoms with E-state index in [-0.39, 0.29) is 10.6 Å². The molecule has 5 heteroatoms. The lowest BCUT2D eigenvalue weighted by Crippen LogP contribution is -2.12. The van der Waals surface area contributed by atoms with Crippen molar-refractivity contribution >= 4 is 27.7 Å². The van der Waals surface area contributed by atoms with Crippen molar-refractivity contribution in [1.29, 1.82) is 0 Å². The highest BCUT2D eigenvalue weighted by molar-refractivity contribution is 9.10. The predicted octanol–water partition coefficient (Wildman–Crippen LogP) is 3.23. The summed E-state index contributed by atoms with van der Waals surface area (Å²) in [6.45, 7) is 6.01. The molecule has 0 spiro atoms. The van der Waals surface area contributed by atoms with E-state index in [0.29, 0.717) is 30.1 Å². The van der Waals surface area contributed by atoms with Gasteiger partial charge in [0.25, 0.3) is 0 Å². The van der Waals surface area contributed by atoms with Gasteiger partial charge in [-0.3, -0.25) is 4.79 Å². The normalized spacial score (nSPS) is 11.8. The molecule has 0 aliphatic carbocycles. The van der Waals surface area contributed by atoms with Crippen molar-refractivity contribution in [3.8, 4) is 5.75 Å². The van der Waals surface area contributed by atoms with Crippen molar-refractivity contribution in [3.05, 3.63) is 29.3 Å². The van der Waals surface area contributed by atoms with Crippen LogP contribution in [0.3, 0.4) is 0 Å².